The predicted octanol–water partition coefficient (Wildman–Crippen LogP) is 4.38. The largest absolute Gasteiger partial charge is 0.494 e. The molecule has 1 aromatic heterocycles. The van der Waals surface area contributed by atoms with Crippen molar-refractivity contribution in [2.45, 2.75) is 26.3 Å². The molecule has 3 rings (SSSR count). The van der Waals surface area contributed by atoms with E-state index in [1.54, 1.807) is 11.9 Å². The number of carbonyl (C=O) groups is 1. The van der Waals surface area contributed by atoms with Crippen LogP contribution in [0.25, 0.3) is 11.4 Å². The Morgan fingerprint density at radius 3 is 2.54 bits per heavy atom. The smallest absolute Gasteiger partial charge is 0.227 e. The molecule has 0 aliphatic carbocycles. The highest BCUT2D eigenvalue weighted by molar-refractivity contribution is 6.30. The fourth-order valence-corrected chi connectivity index (χ4v) is 2.82. The lowest BCUT2D eigenvalue weighted by Crippen LogP contribution is -2.26. The van der Waals surface area contributed by atoms with Crippen LogP contribution in [0.15, 0.2) is 53.1 Å². The first-order chi connectivity index (χ1) is 13.5. The molecule has 0 saturated heterocycles. The highest BCUT2D eigenvalue weighted by Crippen LogP contribution is 2.20. The SMILES string of the molecule is CCOc1ccc(-c2noc(CCC(=O)N(C)Cc3ccc(Cl)cc3)n2)cc1. The molecular weight excluding hydrogens is 378 g/mol. The zero-order chi connectivity index (χ0) is 19.9. The first-order valence-electron chi connectivity index (χ1n) is 9.09. The monoisotopic (exact) mass is 399 g/mol. The van der Waals surface area contributed by atoms with E-state index in [9.17, 15) is 4.79 Å². The van der Waals surface area contributed by atoms with E-state index in [1.165, 1.54) is 0 Å². The molecule has 0 spiro atoms. The summed E-state index contributed by atoms with van der Waals surface area (Å²) >= 11 is 5.89. The number of amides is 1. The molecule has 0 N–H and O–H groups in total. The lowest BCUT2D eigenvalue weighted by atomic mass is 10.2. The normalized spacial score (nSPS) is 10.7. The van der Waals surface area contributed by atoms with Gasteiger partial charge >= 0.3 is 0 Å². The van der Waals surface area contributed by atoms with Gasteiger partial charge in [-0.25, -0.2) is 0 Å². The molecule has 0 radical (unpaired) electrons. The van der Waals surface area contributed by atoms with Gasteiger partial charge in [-0.3, -0.25) is 4.79 Å². The van der Waals surface area contributed by atoms with E-state index in [4.69, 9.17) is 20.9 Å². The second-order valence-corrected chi connectivity index (χ2v) is 6.78. The first kappa shape index (κ1) is 19.9. The van der Waals surface area contributed by atoms with Gasteiger partial charge in [-0.05, 0) is 48.9 Å². The van der Waals surface area contributed by atoms with Crippen LogP contribution in [-0.2, 0) is 17.8 Å². The van der Waals surface area contributed by atoms with Gasteiger partial charge in [0.2, 0.25) is 17.6 Å². The van der Waals surface area contributed by atoms with E-state index in [0.29, 0.717) is 42.7 Å². The summed E-state index contributed by atoms with van der Waals surface area (Å²) in [6.45, 7) is 3.08. The predicted molar refractivity (Wildman–Crippen MR) is 107 cm³/mol. The van der Waals surface area contributed by atoms with E-state index >= 15 is 0 Å². The Bertz CT molecular complexity index is 907. The molecule has 0 unspecified atom stereocenters. The molecule has 2 aromatic carbocycles. The summed E-state index contributed by atoms with van der Waals surface area (Å²) in [5, 5.41) is 4.67. The fraction of sp³-hybridized carbons (Fsp3) is 0.286. The van der Waals surface area contributed by atoms with Gasteiger partial charge in [0.05, 0.1) is 6.61 Å². The van der Waals surface area contributed by atoms with Gasteiger partial charge in [0.25, 0.3) is 0 Å². The third kappa shape index (κ3) is 5.33. The van der Waals surface area contributed by atoms with Crippen LogP contribution in [0.1, 0.15) is 24.8 Å². The first-order valence-corrected chi connectivity index (χ1v) is 9.47. The molecule has 0 atom stereocenters. The molecule has 0 fully saturated rings. The number of halogens is 1. The lowest BCUT2D eigenvalue weighted by molar-refractivity contribution is -0.130. The van der Waals surface area contributed by atoms with Crippen molar-refractivity contribution in [3.05, 3.63) is 65.0 Å². The highest BCUT2D eigenvalue weighted by Gasteiger charge is 2.14. The number of ether oxygens (including phenoxy) is 1. The van der Waals surface area contributed by atoms with Crippen molar-refractivity contribution in [2.24, 2.45) is 0 Å². The Hall–Kier alpha value is -2.86. The Labute approximate surface area is 169 Å². The Morgan fingerprint density at radius 1 is 1.14 bits per heavy atom. The van der Waals surface area contributed by atoms with E-state index in [0.717, 1.165) is 16.9 Å². The minimum Gasteiger partial charge on any atom is -0.494 e. The molecular formula is C21H22ClN3O3. The van der Waals surface area contributed by atoms with Crippen molar-refractivity contribution >= 4 is 17.5 Å². The van der Waals surface area contributed by atoms with Gasteiger partial charge in [0.1, 0.15) is 5.75 Å². The molecule has 0 aliphatic rings. The Kier molecular flexibility index (Phi) is 6.66. The Balaban J connectivity index is 1.53. The van der Waals surface area contributed by atoms with E-state index in [1.807, 2.05) is 55.5 Å². The van der Waals surface area contributed by atoms with Crippen molar-refractivity contribution in [3.8, 4) is 17.1 Å². The molecule has 6 nitrogen and oxygen atoms in total. The number of aromatic nitrogens is 2. The zero-order valence-corrected chi connectivity index (χ0v) is 16.6. The number of nitrogens with zero attached hydrogens (tertiary/aromatic N) is 3. The third-order valence-corrected chi connectivity index (χ3v) is 4.46. The molecule has 1 heterocycles. The molecule has 0 aliphatic heterocycles. The van der Waals surface area contributed by atoms with Crippen molar-refractivity contribution < 1.29 is 14.1 Å². The van der Waals surface area contributed by atoms with E-state index in [-0.39, 0.29) is 5.91 Å². The average Bonchev–Trinajstić information content (AvgIpc) is 3.18. The molecule has 146 valence electrons. The van der Waals surface area contributed by atoms with Gasteiger partial charge in [0.15, 0.2) is 0 Å². The second kappa shape index (κ2) is 9.37. The molecule has 0 saturated carbocycles. The van der Waals surface area contributed by atoms with Gasteiger partial charge in [-0.2, -0.15) is 4.98 Å². The van der Waals surface area contributed by atoms with Gasteiger partial charge in [-0.1, -0.05) is 28.9 Å². The van der Waals surface area contributed by atoms with Crippen molar-refractivity contribution in [2.75, 3.05) is 13.7 Å². The van der Waals surface area contributed by atoms with Crippen LogP contribution in [0, 0.1) is 0 Å². The topological polar surface area (TPSA) is 68.5 Å². The fourth-order valence-electron chi connectivity index (χ4n) is 2.70. The van der Waals surface area contributed by atoms with Gasteiger partial charge in [0, 0.05) is 37.0 Å². The lowest BCUT2D eigenvalue weighted by Gasteiger charge is -2.16. The number of hydrogen-bond acceptors (Lipinski definition) is 5. The maximum Gasteiger partial charge on any atom is 0.227 e. The van der Waals surface area contributed by atoms with Crippen LogP contribution in [0.4, 0.5) is 0 Å². The van der Waals surface area contributed by atoms with Crippen molar-refractivity contribution in [3.63, 3.8) is 0 Å². The number of carbonyl (C=O) groups excluding carboxylic acids is 1. The second-order valence-electron chi connectivity index (χ2n) is 6.35. The maximum atomic E-state index is 12.4. The highest BCUT2D eigenvalue weighted by atomic mass is 35.5. The number of benzene rings is 2. The van der Waals surface area contributed by atoms with Crippen LogP contribution in [0.3, 0.4) is 0 Å². The minimum atomic E-state index is 0.00997. The number of hydrogen-bond donors (Lipinski definition) is 0. The molecule has 0 bridgehead atoms. The summed E-state index contributed by atoms with van der Waals surface area (Å²) < 4.78 is 10.7. The average molecular weight is 400 g/mol. The van der Waals surface area contributed by atoms with Crippen LogP contribution < -0.4 is 4.74 Å². The van der Waals surface area contributed by atoms with E-state index < -0.39 is 0 Å². The van der Waals surface area contributed by atoms with Gasteiger partial charge < -0.3 is 14.2 Å². The maximum absolute atomic E-state index is 12.4. The van der Waals surface area contributed by atoms with Gasteiger partial charge in [-0.15, -0.1) is 0 Å². The summed E-state index contributed by atoms with van der Waals surface area (Å²) in [5.41, 5.74) is 1.86. The summed E-state index contributed by atoms with van der Waals surface area (Å²) in [5.74, 6) is 1.75. The summed E-state index contributed by atoms with van der Waals surface area (Å²) in [6, 6.07) is 14.9. The number of aryl methyl sites for hydroxylation is 1. The van der Waals surface area contributed by atoms with Crippen LogP contribution >= 0.6 is 11.6 Å². The quantitative estimate of drug-likeness (QED) is 0.562. The number of rotatable bonds is 8. The van der Waals surface area contributed by atoms with Crippen molar-refractivity contribution in [1.29, 1.82) is 0 Å². The van der Waals surface area contributed by atoms with Crippen LogP contribution in [-0.4, -0.2) is 34.6 Å². The summed E-state index contributed by atoms with van der Waals surface area (Å²) in [7, 11) is 1.77. The summed E-state index contributed by atoms with van der Waals surface area (Å²) in [6.07, 6.45) is 0.697. The third-order valence-electron chi connectivity index (χ3n) is 4.20. The zero-order valence-electron chi connectivity index (χ0n) is 15.9. The Morgan fingerprint density at radius 2 is 1.86 bits per heavy atom. The van der Waals surface area contributed by atoms with Crippen LogP contribution in [0.5, 0.6) is 5.75 Å². The van der Waals surface area contributed by atoms with E-state index in [2.05, 4.69) is 10.1 Å². The summed E-state index contributed by atoms with van der Waals surface area (Å²) in [4.78, 5) is 18.4. The standard InChI is InChI=1S/C21H22ClN3O3/c1-3-27-18-10-6-16(7-11-18)21-23-19(28-24-21)12-13-20(26)25(2)14-15-4-8-17(22)9-5-15/h4-11H,3,12-14H2,1-2H3. The molecule has 7 heteroatoms. The van der Waals surface area contributed by atoms with Crippen molar-refractivity contribution in [1.82, 2.24) is 15.0 Å². The molecule has 1 amide bonds. The minimum absolute atomic E-state index is 0.00997. The van der Waals surface area contributed by atoms with Crippen LogP contribution in [0.2, 0.25) is 5.02 Å². The molecule has 3 aromatic rings. The molecule has 28 heavy (non-hydrogen) atoms.